The minimum absolute atomic E-state index is 0.142. The zero-order valence-corrected chi connectivity index (χ0v) is 14.4. The Balaban J connectivity index is 2.24. The van der Waals surface area contributed by atoms with Crippen molar-refractivity contribution in [2.24, 2.45) is 0 Å². The monoisotopic (exact) mass is 400 g/mol. The second kappa shape index (κ2) is 6.72. The average Bonchev–Trinajstić information content (AvgIpc) is 2.41. The molecule has 0 aromatic heterocycles. The van der Waals surface area contributed by atoms with Crippen LogP contribution in [-0.2, 0) is 0 Å². The fourth-order valence-corrected chi connectivity index (χ4v) is 2.91. The van der Waals surface area contributed by atoms with Crippen LogP contribution in [0, 0.1) is 5.82 Å². The summed E-state index contributed by atoms with van der Waals surface area (Å²) in [5.41, 5.74) is 1.59. The van der Waals surface area contributed by atoms with Crippen molar-refractivity contribution in [1.82, 2.24) is 0 Å². The number of halogens is 3. The van der Waals surface area contributed by atoms with Crippen LogP contribution < -0.4 is 4.74 Å². The molecule has 4 heteroatoms. The highest BCUT2D eigenvalue weighted by atomic mass is 79.9. The standard InChI is InChI=1S/C16H15Br2FO/c1-10(2)20-13-6-3-11(4-7-13)16(18)14-9-12(17)5-8-15(14)19/h3-10,16H,1-2H3. The Morgan fingerprint density at radius 3 is 2.30 bits per heavy atom. The highest BCUT2D eigenvalue weighted by Gasteiger charge is 2.15. The van der Waals surface area contributed by atoms with Gasteiger partial charge >= 0.3 is 0 Å². The van der Waals surface area contributed by atoms with Crippen LogP contribution in [0.5, 0.6) is 5.75 Å². The summed E-state index contributed by atoms with van der Waals surface area (Å²) in [6.45, 7) is 3.97. The second-order valence-electron chi connectivity index (χ2n) is 4.76. The van der Waals surface area contributed by atoms with Gasteiger partial charge in [0.05, 0.1) is 10.9 Å². The highest BCUT2D eigenvalue weighted by Crippen LogP contribution is 2.34. The Morgan fingerprint density at radius 2 is 1.70 bits per heavy atom. The van der Waals surface area contributed by atoms with E-state index >= 15 is 0 Å². The molecule has 2 aromatic carbocycles. The van der Waals surface area contributed by atoms with E-state index in [9.17, 15) is 4.39 Å². The molecule has 0 spiro atoms. The first kappa shape index (κ1) is 15.5. The molecule has 2 aromatic rings. The van der Waals surface area contributed by atoms with Gasteiger partial charge in [0.2, 0.25) is 0 Å². The molecule has 0 amide bonds. The van der Waals surface area contributed by atoms with Crippen LogP contribution in [-0.4, -0.2) is 6.10 Å². The molecule has 0 bridgehead atoms. The number of hydrogen-bond donors (Lipinski definition) is 0. The first-order chi connectivity index (χ1) is 9.47. The number of rotatable bonds is 4. The summed E-state index contributed by atoms with van der Waals surface area (Å²) in [4.78, 5) is -0.187. The van der Waals surface area contributed by atoms with Crippen LogP contribution >= 0.6 is 31.9 Å². The maximum atomic E-state index is 13.9. The molecule has 1 nitrogen and oxygen atoms in total. The van der Waals surface area contributed by atoms with Gasteiger partial charge in [0.15, 0.2) is 0 Å². The molecule has 0 aliphatic carbocycles. The molecule has 0 radical (unpaired) electrons. The fraction of sp³-hybridized carbons (Fsp3) is 0.250. The third-order valence-electron chi connectivity index (χ3n) is 2.78. The molecule has 0 aliphatic rings. The first-order valence-corrected chi connectivity index (χ1v) is 8.04. The summed E-state index contributed by atoms with van der Waals surface area (Å²) in [5, 5.41) is 0. The van der Waals surface area contributed by atoms with Gasteiger partial charge in [-0.25, -0.2) is 4.39 Å². The average molecular weight is 402 g/mol. The van der Waals surface area contributed by atoms with Crippen LogP contribution in [0.4, 0.5) is 4.39 Å². The topological polar surface area (TPSA) is 9.23 Å². The van der Waals surface area contributed by atoms with E-state index in [-0.39, 0.29) is 16.7 Å². The van der Waals surface area contributed by atoms with Gasteiger partial charge in [-0.2, -0.15) is 0 Å². The zero-order valence-electron chi connectivity index (χ0n) is 11.2. The van der Waals surface area contributed by atoms with Crippen molar-refractivity contribution in [3.05, 3.63) is 63.9 Å². The second-order valence-corrected chi connectivity index (χ2v) is 6.60. The number of ether oxygens (including phenoxy) is 1. The van der Waals surface area contributed by atoms with E-state index in [1.165, 1.54) is 6.07 Å². The van der Waals surface area contributed by atoms with Crippen LogP contribution in [0.1, 0.15) is 29.8 Å². The zero-order chi connectivity index (χ0) is 14.7. The van der Waals surface area contributed by atoms with E-state index in [2.05, 4.69) is 31.9 Å². The lowest BCUT2D eigenvalue weighted by Gasteiger charge is -2.14. The van der Waals surface area contributed by atoms with E-state index in [0.29, 0.717) is 5.56 Å². The van der Waals surface area contributed by atoms with Crippen molar-refractivity contribution < 1.29 is 9.13 Å². The van der Waals surface area contributed by atoms with E-state index < -0.39 is 0 Å². The maximum Gasteiger partial charge on any atom is 0.127 e. The van der Waals surface area contributed by atoms with Crippen LogP contribution in [0.2, 0.25) is 0 Å². The summed E-state index contributed by atoms with van der Waals surface area (Å²) in [5.74, 6) is 0.593. The van der Waals surface area contributed by atoms with Gasteiger partial charge in [0, 0.05) is 10.0 Å². The number of benzene rings is 2. The smallest absolute Gasteiger partial charge is 0.127 e. The molecule has 0 N–H and O–H groups in total. The molecule has 0 saturated heterocycles. The fourth-order valence-electron chi connectivity index (χ4n) is 1.88. The van der Waals surface area contributed by atoms with Crippen LogP contribution in [0.25, 0.3) is 0 Å². The Hall–Kier alpha value is -0.870. The molecule has 106 valence electrons. The maximum absolute atomic E-state index is 13.9. The van der Waals surface area contributed by atoms with Crippen molar-refractivity contribution in [3.63, 3.8) is 0 Å². The molecule has 0 heterocycles. The van der Waals surface area contributed by atoms with Crippen molar-refractivity contribution in [2.45, 2.75) is 24.8 Å². The number of hydrogen-bond acceptors (Lipinski definition) is 1. The molecular formula is C16H15Br2FO. The Bertz CT molecular complexity index is 582. The highest BCUT2D eigenvalue weighted by molar-refractivity contribution is 9.10. The molecule has 1 atom stereocenters. The van der Waals surface area contributed by atoms with Crippen molar-refractivity contribution in [2.75, 3.05) is 0 Å². The predicted molar refractivity (Wildman–Crippen MR) is 87.1 cm³/mol. The molecule has 0 aliphatic heterocycles. The molecule has 2 rings (SSSR count). The summed E-state index contributed by atoms with van der Waals surface area (Å²) in [6.07, 6.45) is 0.142. The summed E-state index contributed by atoms with van der Waals surface area (Å²) in [7, 11) is 0. The lowest BCUT2D eigenvalue weighted by molar-refractivity contribution is 0.242. The van der Waals surface area contributed by atoms with E-state index in [1.807, 2.05) is 38.1 Å². The summed E-state index contributed by atoms with van der Waals surface area (Å²) in [6, 6.07) is 12.6. The third-order valence-corrected chi connectivity index (χ3v) is 4.29. The van der Waals surface area contributed by atoms with Crippen molar-refractivity contribution in [3.8, 4) is 5.75 Å². The normalized spacial score (nSPS) is 12.5. The van der Waals surface area contributed by atoms with Crippen LogP contribution in [0.15, 0.2) is 46.9 Å². The molecular weight excluding hydrogens is 387 g/mol. The van der Waals surface area contributed by atoms with Crippen LogP contribution in [0.3, 0.4) is 0 Å². The van der Waals surface area contributed by atoms with Gasteiger partial charge in [-0.15, -0.1) is 0 Å². The Kier molecular flexibility index (Phi) is 5.22. The van der Waals surface area contributed by atoms with Gasteiger partial charge < -0.3 is 4.74 Å². The van der Waals surface area contributed by atoms with Gasteiger partial charge in [-0.05, 0) is 49.7 Å². The molecule has 0 saturated carbocycles. The Labute approximate surface area is 135 Å². The summed E-state index contributed by atoms with van der Waals surface area (Å²) < 4.78 is 20.3. The van der Waals surface area contributed by atoms with E-state index in [0.717, 1.165) is 15.8 Å². The summed E-state index contributed by atoms with van der Waals surface area (Å²) >= 11 is 6.92. The van der Waals surface area contributed by atoms with Gasteiger partial charge in [0.25, 0.3) is 0 Å². The predicted octanol–water partition coefficient (Wildman–Crippen LogP) is 5.86. The molecule has 1 unspecified atom stereocenters. The largest absolute Gasteiger partial charge is 0.491 e. The van der Waals surface area contributed by atoms with Crippen molar-refractivity contribution >= 4 is 31.9 Å². The van der Waals surface area contributed by atoms with E-state index in [4.69, 9.17) is 4.74 Å². The van der Waals surface area contributed by atoms with E-state index in [1.54, 1.807) is 12.1 Å². The van der Waals surface area contributed by atoms with Gasteiger partial charge in [-0.3, -0.25) is 0 Å². The van der Waals surface area contributed by atoms with Gasteiger partial charge in [0.1, 0.15) is 11.6 Å². The first-order valence-electron chi connectivity index (χ1n) is 6.33. The van der Waals surface area contributed by atoms with Crippen molar-refractivity contribution in [1.29, 1.82) is 0 Å². The lowest BCUT2D eigenvalue weighted by Crippen LogP contribution is -2.05. The number of alkyl halides is 1. The quantitative estimate of drug-likeness (QED) is 0.583. The SMILES string of the molecule is CC(C)Oc1ccc(C(Br)c2cc(Br)ccc2F)cc1. The lowest BCUT2D eigenvalue weighted by atomic mass is 10.0. The Morgan fingerprint density at radius 1 is 1.05 bits per heavy atom. The van der Waals surface area contributed by atoms with Gasteiger partial charge in [-0.1, -0.05) is 44.0 Å². The third kappa shape index (κ3) is 3.83. The molecule has 0 fully saturated rings. The minimum atomic E-state index is -0.224. The minimum Gasteiger partial charge on any atom is -0.491 e. The molecule has 20 heavy (non-hydrogen) atoms.